The van der Waals surface area contributed by atoms with Crippen LogP contribution in [0.5, 0.6) is 0 Å². The first-order valence-electron chi connectivity index (χ1n) is 31.3. The average molecular weight is 1040 g/mol. The first-order chi connectivity index (χ1) is 35.3. The summed E-state index contributed by atoms with van der Waals surface area (Å²) in [6, 6.07) is 1.92. The van der Waals surface area contributed by atoms with Gasteiger partial charge in [-0.15, -0.1) is 0 Å². The van der Waals surface area contributed by atoms with Gasteiger partial charge in [0.15, 0.2) is 0 Å². The highest BCUT2D eigenvalue weighted by atomic mass is 16.5. The minimum atomic E-state index is 0. The third-order valence-corrected chi connectivity index (χ3v) is 19.5. The molecule has 6 unspecified atom stereocenters. The van der Waals surface area contributed by atoms with Crippen molar-refractivity contribution < 1.29 is 14.2 Å². The fraction of sp³-hybridized carbons (Fsp3) is 1.00. The number of hydrogen-bond donors (Lipinski definition) is 0. The molecule has 0 aromatic rings. The third kappa shape index (κ3) is 24.9. The minimum Gasteiger partial charge on any atom is -0.380 e. The lowest BCUT2D eigenvalue weighted by atomic mass is 9.89. The summed E-state index contributed by atoms with van der Waals surface area (Å²) >= 11 is 0. The van der Waals surface area contributed by atoms with Gasteiger partial charge in [-0.3, -0.25) is 0 Å². The van der Waals surface area contributed by atoms with E-state index in [4.69, 9.17) is 14.2 Å². The van der Waals surface area contributed by atoms with E-state index in [0.717, 1.165) is 68.8 Å². The van der Waals surface area contributed by atoms with Crippen molar-refractivity contribution in [2.45, 2.75) is 198 Å². The van der Waals surface area contributed by atoms with Gasteiger partial charge in [-0.1, -0.05) is 26.7 Å². The molecule has 14 fully saturated rings. The van der Waals surface area contributed by atoms with Crippen LogP contribution in [0.25, 0.3) is 0 Å². The molecule has 4 bridgehead atoms. The maximum absolute atomic E-state index is 5.80. The number of piperidine rings is 6. The van der Waals surface area contributed by atoms with E-state index in [9.17, 15) is 0 Å². The van der Waals surface area contributed by atoms with E-state index in [-0.39, 0.29) is 7.43 Å². The molecular weight excluding hydrogens is 919 g/mol. The Morgan fingerprint density at radius 3 is 1.16 bits per heavy atom. The highest BCUT2D eigenvalue weighted by molar-refractivity contribution is 4.97. The van der Waals surface area contributed by atoms with Gasteiger partial charge in [-0.2, -0.15) is 0 Å². The smallest absolute Gasteiger partial charge is 0.0707 e. The van der Waals surface area contributed by atoms with Crippen LogP contribution in [0.2, 0.25) is 0 Å². The van der Waals surface area contributed by atoms with Gasteiger partial charge >= 0.3 is 0 Å². The molecule has 12 nitrogen and oxygen atoms in total. The van der Waals surface area contributed by atoms with E-state index in [1.807, 2.05) is 0 Å². The lowest BCUT2D eigenvalue weighted by Gasteiger charge is -2.36. The molecule has 14 rings (SSSR count). The number of fused-ring (bicyclic) bond motifs is 5. The molecule has 12 heteroatoms. The predicted molar refractivity (Wildman–Crippen MR) is 315 cm³/mol. The second-order valence-electron chi connectivity index (χ2n) is 26.4. The van der Waals surface area contributed by atoms with Gasteiger partial charge in [-0.05, 0) is 274 Å². The molecule has 2 spiro atoms. The third-order valence-electron chi connectivity index (χ3n) is 19.5. The number of ether oxygens (including phenoxy) is 3. The molecule has 12 aliphatic heterocycles. The van der Waals surface area contributed by atoms with E-state index in [0.29, 0.717) is 17.8 Å². The van der Waals surface area contributed by atoms with Gasteiger partial charge in [0.1, 0.15) is 0 Å². The number of likely N-dealkylation sites (tertiary alicyclic amines) is 7. The Labute approximate surface area is 459 Å². The maximum Gasteiger partial charge on any atom is 0.0707 e. The Morgan fingerprint density at radius 1 is 0.338 bits per heavy atom. The summed E-state index contributed by atoms with van der Waals surface area (Å²) in [5.41, 5.74) is 1.18. The van der Waals surface area contributed by atoms with Crippen LogP contribution in [0.4, 0.5) is 0 Å². The first kappa shape index (κ1) is 64.3. The van der Waals surface area contributed by atoms with Gasteiger partial charge in [0.2, 0.25) is 0 Å². The Morgan fingerprint density at radius 2 is 0.770 bits per heavy atom. The second-order valence-corrected chi connectivity index (χ2v) is 26.4. The molecule has 74 heavy (non-hydrogen) atoms. The van der Waals surface area contributed by atoms with Crippen LogP contribution in [0.15, 0.2) is 0 Å². The second kappa shape index (κ2) is 34.6. The normalized spacial score (nSPS) is 33.5. The molecule has 12 heterocycles. The molecule has 0 N–H and O–H groups in total. The lowest BCUT2D eigenvalue weighted by Crippen LogP contribution is -2.42. The first-order valence-corrected chi connectivity index (χ1v) is 31.3. The summed E-state index contributed by atoms with van der Waals surface area (Å²) in [7, 11) is 19.8. The monoisotopic (exact) mass is 1040 g/mol. The molecule has 2 aliphatic carbocycles. The molecule has 2 saturated carbocycles. The largest absolute Gasteiger partial charge is 0.380 e. The van der Waals surface area contributed by atoms with E-state index in [1.165, 1.54) is 246 Å². The van der Waals surface area contributed by atoms with Crippen molar-refractivity contribution in [2.75, 3.05) is 188 Å². The van der Waals surface area contributed by atoms with Crippen LogP contribution in [0, 0.1) is 17.3 Å². The van der Waals surface area contributed by atoms with Crippen molar-refractivity contribution in [3.05, 3.63) is 0 Å². The molecule has 0 radical (unpaired) electrons. The van der Waals surface area contributed by atoms with Crippen molar-refractivity contribution in [1.82, 2.24) is 44.1 Å². The van der Waals surface area contributed by atoms with Crippen molar-refractivity contribution in [3.8, 4) is 0 Å². The van der Waals surface area contributed by atoms with Gasteiger partial charge in [0.05, 0.1) is 24.4 Å². The van der Waals surface area contributed by atoms with Crippen LogP contribution in [-0.2, 0) is 14.2 Å². The predicted octanol–water partition coefficient (Wildman–Crippen LogP) is 9.32. The number of rotatable bonds is 0. The van der Waals surface area contributed by atoms with Crippen molar-refractivity contribution >= 4 is 0 Å². The van der Waals surface area contributed by atoms with E-state index in [1.54, 1.807) is 0 Å². The molecule has 0 aromatic carbocycles. The Kier molecular flexibility index (Phi) is 30.1. The molecule has 6 atom stereocenters. The van der Waals surface area contributed by atoms with Crippen LogP contribution in [-0.4, -0.2) is 262 Å². The highest BCUT2D eigenvalue weighted by Gasteiger charge is 2.44. The number of nitrogens with zero attached hydrogens (tertiary/aromatic N) is 9. The van der Waals surface area contributed by atoms with Crippen molar-refractivity contribution in [1.29, 1.82) is 0 Å². The standard InChI is InChI=1S/C9H17NO.2C8H15N.C7H13NO.C6H13NO.C6H11N.2C6H13N.C5H11N.CH4/c1-10-6-4-9(5-7-10)3-2-8-11-9;1-9-6-4-8(2-3-8)5-7-9;1-9-7-3-2-4-8(9)6-5-7;1-8-4-6-2-3-7(5-8)9-6;1-7-3-2-5-8-6-4-7;1-7-3-5-2-6(5)4-7;2*1-7-5-3-2-4-6-7;1-6-4-2-3-5-6;/h2-8H2,1H3;2-7H2,1H3;7-8H,2-6H2,1H3;6-7H,2-5H2,1H3;2-6H2,1H3;5-6H,2-4H2,1H3;2*2-6H2,1H3;2-5H2,1H3;1H4. The van der Waals surface area contributed by atoms with Crippen molar-refractivity contribution in [2.24, 2.45) is 17.3 Å². The summed E-state index contributed by atoms with van der Waals surface area (Å²) in [4.78, 5) is 21.7. The molecule has 436 valence electrons. The Bertz CT molecular complexity index is 1340. The average Bonchev–Trinajstić information content (AvgIpc) is 4.02. The molecule has 0 aromatic heterocycles. The number of hydrogen-bond acceptors (Lipinski definition) is 12. The molecule has 12 saturated heterocycles. The van der Waals surface area contributed by atoms with Crippen LogP contribution >= 0.6 is 0 Å². The quantitative estimate of drug-likeness (QED) is 0.233. The maximum atomic E-state index is 5.80. The summed E-state index contributed by atoms with van der Waals surface area (Å²) in [5.74, 6) is 2.23. The minimum absolute atomic E-state index is 0. The van der Waals surface area contributed by atoms with Gasteiger partial charge in [0.25, 0.3) is 0 Å². The molecule has 0 amide bonds. The number of morpholine rings is 1. The number of likely N-dealkylation sites (N-methyl/N-ethyl adjacent to an activating group) is 2. The Balaban J connectivity index is 0.000000155. The fourth-order valence-corrected chi connectivity index (χ4v) is 13.6. The topological polar surface area (TPSA) is 56.9 Å². The van der Waals surface area contributed by atoms with Gasteiger partial charge in [-0.25, -0.2) is 0 Å². The zero-order valence-corrected chi connectivity index (χ0v) is 49.8. The Hall–Kier alpha value is -0.480. The SMILES string of the molecule is C.CN1C2CCCC1CC2.CN1CC2CC2C1.CN1CC2CCC(C1)O2.CN1CCC2(CC1)CC2.CN1CCC2(CCCO2)CC1.CN1CCCC1.CN1CCCCC1.CN1CCCCC1.CN1CCCOCC1. The summed E-state index contributed by atoms with van der Waals surface area (Å²) in [5, 5.41) is 0. The van der Waals surface area contributed by atoms with Crippen LogP contribution in [0.1, 0.15) is 168 Å². The van der Waals surface area contributed by atoms with Crippen LogP contribution in [0.3, 0.4) is 0 Å². The summed E-state index contributed by atoms with van der Waals surface area (Å²) in [6.45, 7) is 23.3. The van der Waals surface area contributed by atoms with E-state index >= 15 is 0 Å². The van der Waals surface area contributed by atoms with E-state index < -0.39 is 0 Å². The summed E-state index contributed by atoms with van der Waals surface area (Å²) < 4.78 is 16.7. The lowest BCUT2D eigenvalue weighted by molar-refractivity contribution is -0.0390. The molecular formula is C62H125N9O3. The molecule has 14 aliphatic rings. The van der Waals surface area contributed by atoms with Crippen molar-refractivity contribution in [3.63, 3.8) is 0 Å². The zero-order valence-electron chi connectivity index (χ0n) is 49.8. The zero-order chi connectivity index (χ0) is 51.9. The van der Waals surface area contributed by atoms with Gasteiger partial charge < -0.3 is 58.3 Å². The summed E-state index contributed by atoms with van der Waals surface area (Å²) in [6.07, 6.45) is 36.3. The van der Waals surface area contributed by atoms with Crippen LogP contribution < -0.4 is 0 Å². The van der Waals surface area contributed by atoms with Gasteiger partial charge in [0, 0.05) is 77.7 Å². The highest BCUT2D eigenvalue weighted by Crippen LogP contribution is 2.53. The fourth-order valence-electron chi connectivity index (χ4n) is 13.6. The van der Waals surface area contributed by atoms with E-state index in [2.05, 4.69) is 108 Å².